The Hall–Kier alpha value is -1.56. The van der Waals surface area contributed by atoms with Gasteiger partial charge in [-0.2, -0.15) is 5.26 Å². The largest absolute Gasteiger partial charge is 0.493 e. The summed E-state index contributed by atoms with van der Waals surface area (Å²) in [6.45, 7) is 3.52. The quantitative estimate of drug-likeness (QED) is 0.602. The Bertz CT molecular complexity index is 326. The fourth-order valence-corrected chi connectivity index (χ4v) is 0.802. The first-order valence-corrected chi connectivity index (χ1v) is 3.22. The molecule has 0 bridgehead atoms. The third kappa shape index (κ3) is 1.15. The molecule has 0 aromatic carbocycles. The zero-order chi connectivity index (χ0) is 8.43. The van der Waals surface area contributed by atoms with E-state index in [9.17, 15) is 0 Å². The molecule has 56 valence electrons. The number of hydrogen-bond donors (Lipinski definition) is 1. The molecular formula is C8H8N2O. The fourth-order valence-electron chi connectivity index (χ4n) is 0.802. The van der Waals surface area contributed by atoms with Crippen LogP contribution in [0.15, 0.2) is 6.20 Å². The van der Waals surface area contributed by atoms with Gasteiger partial charge >= 0.3 is 0 Å². The number of rotatable bonds is 0. The van der Waals surface area contributed by atoms with Crippen molar-refractivity contribution < 1.29 is 5.11 Å². The van der Waals surface area contributed by atoms with Crippen LogP contribution in [0.5, 0.6) is 5.88 Å². The fraction of sp³-hybridized carbons (Fsp3) is 0.250. The molecular weight excluding hydrogens is 140 g/mol. The van der Waals surface area contributed by atoms with Crippen LogP contribution in [0.2, 0.25) is 0 Å². The van der Waals surface area contributed by atoms with Crippen molar-refractivity contribution in [1.82, 2.24) is 4.98 Å². The lowest BCUT2D eigenvalue weighted by Gasteiger charge is -2.01. The molecule has 1 heterocycles. The maximum absolute atomic E-state index is 9.10. The SMILES string of the molecule is Cc1c(C#N)cnc(O)c1C. The number of nitrogens with zero attached hydrogens (tertiary/aromatic N) is 2. The highest BCUT2D eigenvalue weighted by molar-refractivity contribution is 5.43. The molecule has 1 aromatic rings. The van der Waals surface area contributed by atoms with Gasteiger partial charge in [0.2, 0.25) is 5.88 Å². The van der Waals surface area contributed by atoms with Crippen molar-refractivity contribution in [3.05, 3.63) is 22.9 Å². The first kappa shape index (κ1) is 7.55. The smallest absolute Gasteiger partial charge is 0.214 e. The number of aromatic hydroxyl groups is 1. The lowest BCUT2D eigenvalue weighted by molar-refractivity contribution is 0.448. The molecule has 0 saturated heterocycles. The highest BCUT2D eigenvalue weighted by Crippen LogP contribution is 2.18. The van der Waals surface area contributed by atoms with Crippen LogP contribution in [-0.2, 0) is 0 Å². The van der Waals surface area contributed by atoms with E-state index in [4.69, 9.17) is 10.4 Å². The normalized spacial score (nSPS) is 9.18. The zero-order valence-electron chi connectivity index (χ0n) is 6.42. The molecule has 3 nitrogen and oxygen atoms in total. The van der Waals surface area contributed by atoms with Crippen molar-refractivity contribution in [3.8, 4) is 11.9 Å². The van der Waals surface area contributed by atoms with Crippen LogP contribution in [0, 0.1) is 25.2 Å². The van der Waals surface area contributed by atoms with E-state index < -0.39 is 0 Å². The van der Waals surface area contributed by atoms with E-state index >= 15 is 0 Å². The highest BCUT2D eigenvalue weighted by Gasteiger charge is 2.04. The summed E-state index contributed by atoms with van der Waals surface area (Å²) in [7, 11) is 0. The lowest BCUT2D eigenvalue weighted by atomic mass is 10.1. The Balaban J connectivity index is 3.40. The van der Waals surface area contributed by atoms with Crippen molar-refractivity contribution in [3.63, 3.8) is 0 Å². The maximum atomic E-state index is 9.10. The predicted octanol–water partition coefficient (Wildman–Crippen LogP) is 1.28. The van der Waals surface area contributed by atoms with Gasteiger partial charge in [-0.25, -0.2) is 4.98 Å². The molecule has 0 aliphatic carbocycles. The minimum absolute atomic E-state index is 0.00139. The van der Waals surface area contributed by atoms with Crippen molar-refractivity contribution in [2.24, 2.45) is 0 Å². The predicted molar refractivity (Wildman–Crippen MR) is 40.1 cm³/mol. The molecule has 0 aliphatic rings. The minimum Gasteiger partial charge on any atom is -0.493 e. The Labute approximate surface area is 64.9 Å². The van der Waals surface area contributed by atoms with Crippen LogP contribution in [-0.4, -0.2) is 10.1 Å². The van der Waals surface area contributed by atoms with Gasteiger partial charge in [-0.15, -0.1) is 0 Å². The summed E-state index contributed by atoms with van der Waals surface area (Å²) in [5.41, 5.74) is 1.98. The van der Waals surface area contributed by atoms with Gasteiger partial charge in [-0.1, -0.05) is 0 Å². The Morgan fingerprint density at radius 2 is 2.09 bits per heavy atom. The van der Waals surface area contributed by atoms with E-state index in [0.29, 0.717) is 11.1 Å². The number of pyridine rings is 1. The van der Waals surface area contributed by atoms with Crippen molar-refractivity contribution in [1.29, 1.82) is 5.26 Å². The van der Waals surface area contributed by atoms with Crippen molar-refractivity contribution >= 4 is 0 Å². The molecule has 0 atom stereocenters. The maximum Gasteiger partial charge on any atom is 0.214 e. The Morgan fingerprint density at radius 3 is 2.64 bits per heavy atom. The van der Waals surface area contributed by atoms with E-state index in [1.807, 2.05) is 6.07 Å². The summed E-state index contributed by atoms with van der Waals surface area (Å²) in [6.07, 6.45) is 1.37. The van der Waals surface area contributed by atoms with E-state index in [1.165, 1.54) is 6.20 Å². The van der Waals surface area contributed by atoms with Gasteiger partial charge in [0, 0.05) is 11.8 Å². The van der Waals surface area contributed by atoms with Gasteiger partial charge in [0.05, 0.1) is 5.56 Å². The van der Waals surface area contributed by atoms with Crippen LogP contribution in [0.1, 0.15) is 16.7 Å². The van der Waals surface area contributed by atoms with Crippen LogP contribution >= 0.6 is 0 Å². The van der Waals surface area contributed by atoms with E-state index in [0.717, 1.165) is 5.56 Å². The number of nitriles is 1. The first-order chi connectivity index (χ1) is 5.16. The summed E-state index contributed by atoms with van der Waals surface area (Å²) in [5.74, 6) is 0.00139. The average molecular weight is 148 g/mol. The number of aromatic nitrogens is 1. The molecule has 0 radical (unpaired) electrons. The van der Waals surface area contributed by atoms with Crippen molar-refractivity contribution in [2.45, 2.75) is 13.8 Å². The molecule has 3 heteroatoms. The number of hydrogen-bond acceptors (Lipinski definition) is 3. The standard InChI is InChI=1S/C8H8N2O/c1-5-6(2)8(11)10-4-7(5)3-9/h4H,1-2H3,(H,10,11). The second kappa shape index (κ2) is 2.59. The van der Waals surface area contributed by atoms with Crippen LogP contribution in [0.3, 0.4) is 0 Å². The van der Waals surface area contributed by atoms with E-state index in [1.54, 1.807) is 13.8 Å². The van der Waals surface area contributed by atoms with E-state index in [2.05, 4.69) is 4.98 Å². The topological polar surface area (TPSA) is 56.9 Å². The van der Waals surface area contributed by atoms with Gasteiger partial charge in [0.1, 0.15) is 6.07 Å². The molecule has 1 N–H and O–H groups in total. The molecule has 1 aromatic heterocycles. The second-order valence-corrected chi connectivity index (χ2v) is 2.36. The lowest BCUT2D eigenvalue weighted by Crippen LogP contribution is -1.89. The summed E-state index contributed by atoms with van der Waals surface area (Å²) in [4.78, 5) is 3.64. The monoisotopic (exact) mass is 148 g/mol. The molecule has 0 aliphatic heterocycles. The van der Waals surface area contributed by atoms with Gasteiger partial charge < -0.3 is 5.11 Å². The molecule has 0 fully saturated rings. The molecule has 0 amide bonds. The summed E-state index contributed by atoms with van der Waals surface area (Å²) < 4.78 is 0. The molecule has 11 heavy (non-hydrogen) atoms. The van der Waals surface area contributed by atoms with Crippen LogP contribution < -0.4 is 0 Å². The third-order valence-corrected chi connectivity index (χ3v) is 1.74. The summed E-state index contributed by atoms with van der Waals surface area (Å²) in [5, 5.41) is 17.7. The second-order valence-electron chi connectivity index (χ2n) is 2.36. The van der Waals surface area contributed by atoms with Gasteiger partial charge in [-0.3, -0.25) is 0 Å². The van der Waals surface area contributed by atoms with Gasteiger partial charge in [-0.05, 0) is 19.4 Å². The van der Waals surface area contributed by atoms with Crippen LogP contribution in [0.25, 0.3) is 0 Å². The van der Waals surface area contributed by atoms with Crippen LogP contribution in [0.4, 0.5) is 0 Å². The molecule has 0 spiro atoms. The highest BCUT2D eigenvalue weighted by atomic mass is 16.3. The molecule has 0 saturated carbocycles. The average Bonchev–Trinajstić information content (AvgIpc) is 2.01. The summed E-state index contributed by atoms with van der Waals surface area (Å²) >= 11 is 0. The Kier molecular flexibility index (Phi) is 1.77. The Morgan fingerprint density at radius 1 is 1.45 bits per heavy atom. The molecule has 1 rings (SSSR count). The van der Waals surface area contributed by atoms with Gasteiger partial charge in [0.25, 0.3) is 0 Å². The third-order valence-electron chi connectivity index (χ3n) is 1.74. The first-order valence-electron chi connectivity index (χ1n) is 3.22. The zero-order valence-corrected chi connectivity index (χ0v) is 6.42. The summed E-state index contributed by atoms with van der Waals surface area (Å²) in [6, 6.07) is 1.99. The van der Waals surface area contributed by atoms with E-state index in [-0.39, 0.29) is 5.88 Å². The van der Waals surface area contributed by atoms with Gasteiger partial charge in [0.15, 0.2) is 0 Å². The molecule has 0 unspecified atom stereocenters. The van der Waals surface area contributed by atoms with Crippen molar-refractivity contribution in [2.75, 3.05) is 0 Å². The minimum atomic E-state index is 0.00139.